The number of ether oxygens (including phenoxy) is 2. The van der Waals surface area contributed by atoms with Crippen LogP contribution < -0.4 is 15.2 Å². The molecule has 5 nitrogen and oxygen atoms in total. The fourth-order valence-corrected chi connectivity index (χ4v) is 2.40. The van der Waals surface area contributed by atoms with Crippen LogP contribution in [0.4, 0.5) is 5.95 Å². The van der Waals surface area contributed by atoms with Gasteiger partial charge in [-0.2, -0.15) is 0 Å². The van der Waals surface area contributed by atoms with E-state index in [1.54, 1.807) is 7.11 Å². The summed E-state index contributed by atoms with van der Waals surface area (Å²) in [6.07, 6.45) is -0.298. The number of nitrogen functional groups attached to an aromatic ring is 1. The minimum Gasteiger partial charge on any atom is -0.493 e. The van der Waals surface area contributed by atoms with Gasteiger partial charge in [0, 0.05) is 0 Å². The quantitative estimate of drug-likeness (QED) is 0.798. The molecule has 0 spiro atoms. The lowest BCUT2D eigenvalue weighted by molar-refractivity contribution is 0.153. The van der Waals surface area contributed by atoms with Gasteiger partial charge in [0.2, 0.25) is 5.95 Å². The minimum absolute atomic E-state index is 0.298. The smallest absolute Gasteiger partial charge is 0.204 e. The summed E-state index contributed by atoms with van der Waals surface area (Å²) in [6, 6.07) is 15.3. The SMILES string of the molecule is COc1ccccc1OC(C)n1c(N)nc2ccccc21. The summed E-state index contributed by atoms with van der Waals surface area (Å²) in [5.74, 6) is 1.79. The lowest BCUT2D eigenvalue weighted by Gasteiger charge is -2.19. The number of fused-ring (bicyclic) bond motifs is 1. The van der Waals surface area contributed by atoms with E-state index in [-0.39, 0.29) is 6.23 Å². The number of aromatic nitrogens is 2. The maximum absolute atomic E-state index is 6.02. The molecule has 0 aliphatic heterocycles. The Labute approximate surface area is 122 Å². The van der Waals surface area contributed by atoms with Crippen LogP contribution in [-0.2, 0) is 0 Å². The van der Waals surface area contributed by atoms with E-state index < -0.39 is 0 Å². The van der Waals surface area contributed by atoms with Crippen molar-refractivity contribution in [3.8, 4) is 11.5 Å². The molecule has 21 heavy (non-hydrogen) atoms. The maximum atomic E-state index is 6.02. The van der Waals surface area contributed by atoms with Gasteiger partial charge in [0.05, 0.1) is 18.1 Å². The van der Waals surface area contributed by atoms with Crippen molar-refractivity contribution < 1.29 is 9.47 Å². The van der Waals surface area contributed by atoms with E-state index in [0.717, 1.165) is 11.0 Å². The molecule has 0 fully saturated rings. The third kappa shape index (κ3) is 2.38. The Morgan fingerprint density at radius 2 is 1.71 bits per heavy atom. The van der Waals surface area contributed by atoms with Gasteiger partial charge in [-0.3, -0.25) is 4.57 Å². The lowest BCUT2D eigenvalue weighted by atomic mass is 10.3. The van der Waals surface area contributed by atoms with Crippen molar-refractivity contribution in [2.45, 2.75) is 13.2 Å². The first-order chi connectivity index (χ1) is 10.2. The van der Waals surface area contributed by atoms with Crippen LogP contribution >= 0.6 is 0 Å². The van der Waals surface area contributed by atoms with Gasteiger partial charge in [0.1, 0.15) is 0 Å². The highest BCUT2D eigenvalue weighted by Gasteiger charge is 2.16. The number of anilines is 1. The Morgan fingerprint density at radius 3 is 2.48 bits per heavy atom. The highest BCUT2D eigenvalue weighted by molar-refractivity contribution is 5.78. The minimum atomic E-state index is -0.298. The Bertz CT molecular complexity index is 767. The topological polar surface area (TPSA) is 62.3 Å². The number of hydrogen-bond donors (Lipinski definition) is 1. The number of para-hydroxylation sites is 4. The summed E-state index contributed by atoms with van der Waals surface area (Å²) in [4.78, 5) is 4.35. The van der Waals surface area contributed by atoms with Crippen LogP contribution in [-0.4, -0.2) is 16.7 Å². The summed E-state index contributed by atoms with van der Waals surface area (Å²) in [5, 5.41) is 0. The first kappa shape index (κ1) is 13.3. The summed E-state index contributed by atoms with van der Waals surface area (Å²) in [5.41, 5.74) is 7.81. The molecule has 0 aliphatic rings. The number of imidazole rings is 1. The standard InChI is InChI=1S/C16H17N3O2/c1-11(21-15-10-6-5-9-14(15)20-2)19-13-8-4-3-7-12(13)18-16(19)17/h3-11H,1-2H3,(H2,17,18). The van der Waals surface area contributed by atoms with Crippen molar-refractivity contribution in [3.63, 3.8) is 0 Å². The van der Waals surface area contributed by atoms with E-state index in [1.807, 2.05) is 60.0 Å². The summed E-state index contributed by atoms with van der Waals surface area (Å²) in [7, 11) is 1.62. The molecule has 0 amide bonds. The molecule has 3 aromatic rings. The zero-order chi connectivity index (χ0) is 14.8. The second-order valence-corrected chi connectivity index (χ2v) is 4.70. The van der Waals surface area contributed by atoms with Gasteiger partial charge in [0.25, 0.3) is 0 Å². The monoisotopic (exact) mass is 283 g/mol. The number of hydrogen-bond acceptors (Lipinski definition) is 4. The normalized spacial score (nSPS) is 12.3. The van der Waals surface area contributed by atoms with Crippen LogP contribution in [0.25, 0.3) is 11.0 Å². The zero-order valence-electron chi connectivity index (χ0n) is 12.0. The zero-order valence-corrected chi connectivity index (χ0v) is 12.0. The number of nitrogens with two attached hydrogens (primary N) is 1. The fraction of sp³-hybridized carbons (Fsp3) is 0.188. The molecule has 1 unspecified atom stereocenters. The van der Waals surface area contributed by atoms with E-state index in [0.29, 0.717) is 17.4 Å². The van der Waals surface area contributed by atoms with Crippen LogP contribution in [0.5, 0.6) is 11.5 Å². The molecule has 2 aromatic carbocycles. The Hall–Kier alpha value is -2.69. The molecule has 5 heteroatoms. The van der Waals surface area contributed by atoms with Gasteiger partial charge in [-0.25, -0.2) is 4.98 Å². The van der Waals surface area contributed by atoms with Gasteiger partial charge in [-0.15, -0.1) is 0 Å². The second-order valence-electron chi connectivity index (χ2n) is 4.70. The van der Waals surface area contributed by atoms with Crippen LogP contribution in [0.1, 0.15) is 13.2 Å². The Morgan fingerprint density at radius 1 is 1.05 bits per heavy atom. The summed E-state index contributed by atoms with van der Waals surface area (Å²) in [6.45, 7) is 1.93. The molecule has 0 bridgehead atoms. The molecule has 1 aromatic heterocycles. The van der Waals surface area contributed by atoms with Gasteiger partial charge in [0.15, 0.2) is 17.7 Å². The van der Waals surface area contributed by atoms with Crippen molar-refractivity contribution in [1.29, 1.82) is 0 Å². The van der Waals surface area contributed by atoms with E-state index in [9.17, 15) is 0 Å². The van der Waals surface area contributed by atoms with E-state index in [1.165, 1.54) is 0 Å². The van der Waals surface area contributed by atoms with E-state index in [4.69, 9.17) is 15.2 Å². The van der Waals surface area contributed by atoms with Crippen LogP contribution in [0.2, 0.25) is 0 Å². The third-order valence-electron chi connectivity index (χ3n) is 3.35. The average molecular weight is 283 g/mol. The molecule has 1 atom stereocenters. The molecule has 2 N–H and O–H groups in total. The summed E-state index contributed by atoms with van der Waals surface area (Å²) >= 11 is 0. The number of methoxy groups -OCH3 is 1. The highest BCUT2D eigenvalue weighted by Crippen LogP contribution is 2.31. The van der Waals surface area contributed by atoms with Crippen molar-refractivity contribution in [2.24, 2.45) is 0 Å². The number of nitrogens with zero attached hydrogens (tertiary/aromatic N) is 2. The second kappa shape index (κ2) is 5.36. The van der Waals surface area contributed by atoms with Crippen LogP contribution in [0, 0.1) is 0 Å². The summed E-state index contributed by atoms with van der Waals surface area (Å²) < 4.78 is 13.2. The molecule has 0 saturated heterocycles. The van der Waals surface area contributed by atoms with Crippen molar-refractivity contribution in [1.82, 2.24) is 9.55 Å². The Kier molecular flexibility index (Phi) is 3.39. The lowest BCUT2D eigenvalue weighted by Crippen LogP contribution is -2.15. The molecule has 0 radical (unpaired) electrons. The molecule has 1 heterocycles. The van der Waals surface area contributed by atoms with Crippen LogP contribution in [0.3, 0.4) is 0 Å². The molecule has 3 rings (SSSR count). The highest BCUT2D eigenvalue weighted by atomic mass is 16.5. The van der Waals surface area contributed by atoms with Gasteiger partial charge in [-0.05, 0) is 31.2 Å². The number of benzene rings is 2. The van der Waals surface area contributed by atoms with Crippen LogP contribution in [0.15, 0.2) is 48.5 Å². The Balaban J connectivity index is 1.97. The van der Waals surface area contributed by atoms with Gasteiger partial charge in [-0.1, -0.05) is 24.3 Å². The van der Waals surface area contributed by atoms with E-state index >= 15 is 0 Å². The number of rotatable bonds is 4. The van der Waals surface area contributed by atoms with Gasteiger partial charge < -0.3 is 15.2 Å². The molecule has 0 aliphatic carbocycles. The van der Waals surface area contributed by atoms with Crippen molar-refractivity contribution in [3.05, 3.63) is 48.5 Å². The van der Waals surface area contributed by atoms with Crippen molar-refractivity contribution >= 4 is 17.0 Å². The first-order valence-corrected chi connectivity index (χ1v) is 6.73. The molecular formula is C16H17N3O2. The van der Waals surface area contributed by atoms with E-state index in [2.05, 4.69) is 4.98 Å². The largest absolute Gasteiger partial charge is 0.493 e. The molecule has 0 saturated carbocycles. The molecule has 108 valence electrons. The predicted octanol–water partition coefficient (Wildman–Crippen LogP) is 3.22. The maximum Gasteiger partial charge on any atom is 0.204 e. The average Bonchev–Trinajstić information content (AvgIpc) is 2.83. The fourth-order valence-electron chi connectivity index (χ4n) is 2.40. The molecular weight excluding hydrogens is 266 g/mol. The first-order valence-electron chi connectivity index (χ1n) is 6.73. The van der Waals surface area contributed by atoms with Crippen molar-refractivity contribution in [2.75, 3.05) is 12.8 Å². The van der Waals surface area contributed by atoms with Gasteiger partial charge >= 0.3 is 0 Å². The third-order valence-corrected chi connectivity index (χ3v) is 3.35. The predicted molar refractivity (Wildman–Crippen MR) is 82.5 cm³/mol.